The third-order valence-electron chi connectivity index (χ3n) is 4.43. The maximum Gasteiger partial charge on any atom is 0.228 e. The third kappa shape index (κ3) is 3.70. The fourth-order valence-electron chi connectivity index (χ4n) is 2.96. The molecule has 0 atom stereocenters. The van der Waals surface area contributed by atoms with Gasteiger partial charge in [0.1, 0.15) is 17.3 Å². The lowest BCUT2D eigenvalue weighted by atomic mass is 10.1. The van der Waals surface area contributed by atoms with Crippen LogP contribution in [0.3, 0.4) is 0 Å². The van der Waals surface area contributed by atoms with Crippen LogP contribution in [-0.4, -0.2) is 43.2 Å². The number of hydrogen-bond acceptors (Lipinski definition) is 6. The van der Waals surface area contributed by atoms with Gasteiger partial charge in [-0.3, -0.25) is 4.79 Å². The van der Waals surface area contributed by atoms with Crippen molar-refractivity contribution >= 4 is 22.4 Å². The first-order valence-corrected chi connectivity index (χ1v) is 8.66. The number of tetrazole rings is 1. The monoisotopic (exact) mass is 393 g/mol. The Balaban J connectivity index is 1.59. The molecule has 0 aliphatic rings. The van der Waals surface area contributed by atoms with Crippen molar-refractivity contribution in [2.75, 3.05) is 7.11 Å². The van der Waals surface area contributed by atoms with E-state index in [1.165, 1.54) is 23.0 Å². The van der Waals surface area contributed by atoms with Crippen molar-refractivity contribution in [3.63, 3.8) is 0 Å². The number of nitrogens with one attached hydrogen (secondary N) is 1. The summed E-state index contributed by atoms with van der Waals surface area (Å²) in [6.07, 6.45) is 2.52. The van der Waals surface area contributed by atoms with Gasteiger partial charge in [-0.05, 0) is 46.3 Å². The Morgan fingerprint density at radius 1 is 1.28 bits per heavy atom. The van der Waals surface area contributed by atoms with E-state index in [2.05, 4.69) is 20.5 Å². The fraction of sp³-hybridized carbons (Fsp3) is 0.100. The van der Waals surface area contributed by atoms with Gasteiger partial charge in [-0.25, -0.2) is 9.07 Å². The van der Waals surface area contributed by atoms with E-state index in [9.17, 15) is 14.3 Å². The first-order chi connectivity index (χ1) is 14.0. The van der Waals surface area contributed by atoms with Gasteiger partial charge >= 0.3 is 0 Å². The average molecular weight is 393 g/mol. The lowest BCUT2D eigenvalue weighted by Gasteiger charge is -2.05. The molecule has 8 nitrogen and oxygen atoms in total. The summed E-state index contributed by atoms with van der Waals surface area (Å²) >= 11 is 0. The molecule has 2 heterocycles. The maximum atomic E-state index is 13.5. The van der Waals surface area contributed by atoms with Crippen LogP contribution in [-0.2, 0) is 6.54 Å². The Hall–Kier alpha value is -4.01. The first kappa shape index (κ1) is 18.4. The Kier molecular flexibility index (Phi) is 4.78. The number of ether oxygens (including phenoxy) is 1. The normalized spacial score (nSPS) is 11.7. The van der Waals surface area contributed by atoms with Crippen molar-refractivity contribution in [1.29, 1.82) is 0 Å². The molecule has 0 fully saturated rings. The minimum atomic E-state index is -0.577. The van der Waals surface area contributed by atoms with Gasteiger partial charge in [0.25, 0.3) is 0 Å². The lowest BCUT2D eigenvalue weighted by Crippen LogP contribution is -2.11. The standard InChI is InChI=1S/C20H16FN5O3/c1-29-14-5-2-12(3-6-14)11-26-20(23-24-25-26)19(28)9-18(27)16-10-22-17-7-4-13(21)8-15(16)17/h2-10,22,27H,11H2,1H3/b18-9-. The number of H-pyrrole nitrogens is 1. The number of nitrogens with zero attached hydrogens (tertiary/aromatic N) is 4. The number of aromatic nitrogens is 5. The molecule has 0 radical (unpaired) electrons. The van der Waals surface area contributed by atoms with Crippen LogP contribution < -0.4 is 4.74 Å². The van der Waals surface area contributed by atoms with Crippen LogP contribution in [0, 0.1) is 5.82 Å². The van der Waals surface area contributed by atoms with Crippen LogP contribution in [0.5, 0.6) is 5.75 Å². The van der Waals surface area contributed by atoms with Gasteiger partial charge in [0, 0.05) is 28.7 Å². The zero-order valence-electron chi connectivity index (χ0n) is 15.3. The lowest BCUT2D eigenvalue weighted by molar-refractivity contribution is 0.103. The number of halogens is 1. The molecule has 0 aliphatic carbocycles. The Bertz CT molecular complexity index is 1210. The van der Waals surface area contributed by atoms with Gasteiger partial charge in [0.15, 0.2) is 0 Å². The van der Waals surface area contributed by atoms with Crippen LogP contribution in [0.25, 0.3) is 16.7 Å². The van der Waals surface area contributed by atoms with Crippen molar-refractivity contribution < 1.29 is 19.0 Å². The zero-order valence-corrected chi connectivity index (χ0v) is 15.3. The summed E-state index contributed by atoms with van der Waals surface area (Å²) < 4.78 is 20.0. The molecule has 29 heavy (non-hydrogen) atoms. The number of fused-ring (bicyclic) bond motifs is 1. The summed E-state index contributed by atoms with van der Waals surface area (Å²) in [7, 11) is 1.58. The molecule has 0 saturated heterocycles. The van der Waals surface area contributed by atoms with Gasteiger partial charge in [-0.15, -0.1) is 5.10 Å². The SMILES string of the molecule is COc1ccc(Cn2nnnc2C(=O)/C=C(\O)c2c[nH]c3ccc(F)cc23)cc1. The first-order valence-electron chi connectivity index (χ1n) is 8.66. The van der Waals surface area contributed by atoms with Crippen molar-refractivity contribution in [2.24, 2.45) is 0 Å². The van der Waals surface area contributed by atoms with E-state index in [4.69, 9.17) is 4.74 Å². The van der Waals surface area contributed by atoms with Crippen LogP contribution in [0.15, 0.2) is 54.7 Å². The highest BCUT2D eigenvalue weighted by molar-refractivity contribution is 6.07. The van der Waals surface area contributed by atoms with Crippen LogP contribution in [0.1, 0.15) is 21.7 Å². The number of ketones is 1. The number of aliphatic hydroxyl groups excluding tert-OH is 1. The molecule has 146 valence electrons. The van der Waals surface area contributed by atoms with Crippen LogP contribution in [0.4, 0.5) is 4.39 Å². The molecule has 4 aromatic rings. The van der Waals surface area contributed by atoms with E-state index in [1.807, 2.05) is 12.1 Å². The number of aliphatic hydroxyl groups is 1. The van der Waals surface area contributed by atoms with Gasteiger partial charge in [-0.2, -0.15) is 0 Å². The second kappa shape index (κ2) is 7.55. The summed E-state index contributed by atoms with van der Waals surface area (Å²) in [5, 5.41) is 22.0. The highest BCUT2D eigenvalue weighted by atomic mass is 19.1. The molecule has 0 amide bonds. The van der Waals surface area contributed by atoms with Crippen LogP contribution >= 0.6 is 0 Å². The Morgan fingerprint density at radius 3 is 2.83 bits per heavy atom. The number of carbonyl (C=O) groups is 1. The number of aromatic amines is 1. The Morgan fingerprint density at radius 2 is 2.07 bits per heavy atom. The number of rotatable bonds is 6. The number of allylic oxidation sites excluding steroid dienone is 1. The zero-order chi connectivity index (χ0) is 20.4. The summed E-state index contributed by atoms with van der Waals surface area (Å²) in [4.78, 5) is 15.5. The topological polar surface area (TPSA) is 106 Å². The van der Waals surface area contributed by atoms with Crippen molar-refractivity contribution in [1.82, 2.24) is 25.2 Å². The van der Waals surface area contributed by atoms with E-state index in [0.29, 0.717) is 22.2 Å². The average Bonchev–Trinajstić information content (AvgIpc) is 3.35. The predicted octanol–water partition coefficient (Wildman–Crippen LogP) is 3.13. The number of carbonyl (C=O) groups excluding carboxylic acids is 1. The molecule has 0 unspecified atom stereocenters. The minimum Gasteiger partial charge on any atom is -0.507 e. The quantitative estimate of drug-likeness (QED) is 0.296. The number of methoxy groups -OCH3 is 1. The molecule has 0 spiro atoms. The third-order valence-corrected chi connectivity index (χ3v) is 4.43. The summed E-state index contributed by atoms with van der Waals surface area (Å²) in [6, 6.07) is 11.4. The summed E-state index contributed by atoms with van der Waals surface area (Å²) in [5.74, 6) is -0.651. The van der Waals surface area contributed by atoms with Gasteiger partial charge in [-0.1, -0.05) is 12.1 Å². The van der Waals surface area contributed by atoms with Gasteiger partial charge in [0.05, 0.1) is 13.7 Å². The van der Waals surface area contributed by atoms with E-state index < -0.39 is 11.6 Å². The largest absolute Gasteiger partial charge is 0.507 e. The molecule has 2 aromatic carbocycles. The maximum absolute atomic E-state index is 13.5. The second-order valence-electron chi connectivity index (χ2n) is 6.29. The number of hydrogen-bond donors (Lipinski definition) is 2. The molecule has 4 rings (SSSR count). The summed E-state index contributed by atoms with van der Waals surface area (Å²) in [5.41, 5.74) is 1.81. The molecule has 0 bridgehead atoms. The molecule has 0 saturated carbocycles. The van der Waals surface area contributed by atoms with Gasteiger partial charge in [0.2, 0.25) is 11.6 Å². The van der Waals surface area contributed by atoms with Crippen molar-refractivity contribution in [2.45, 2.75) is 6.54 Å². The minimum absolute atomic E-state index is 0.0293. The Labute approximate surface area is 164 Å². The van der Waals surface area contributed by atoms with Gasteiger partial charge < -0.3 is 14.8 Å². The highest BCUT2D eigenvalue weighted by Gasteiger charge is 2.17. The van der Waals surface area contributed by atoms with Crippen molar-refractivity contribution in [3.05, 3.63) is 77.5 Å². The molecule has 2 N–H and O–H groups in total. The highest BCUT2D eigenvalue weighted by Crippen LogP contribution is 2.24. The number of benzene rings is 2. The smallest absolute Gasteiger partial charge is 0.228 e. The summed E-state index contributed by atoms with van der Waals surface area (Å²) in [6.45, 7) is 0.269. The second-order valence-corrected chi connectivity index (χ2v) is 6.29. The van der Waals surface area contributed by atoms with Crippen molar-refractivity contribution in [3.8, 4) is 5.75 Å². The molecular weight excluding hydrogens is 377 g/mol. The molecule has 0 aliphatic heterocycles. The van der Waals surface area contributed by atoms with E-state index >= 15 is 0 Å². The van der Waals surface area contributed by atoms with E-state index in [0.717, 1.165) is 11.6 Å². The van der Waals surface area contributed by atoms with E-state index in [1.54, 1.807) is 25.3 Å². The fourth-order valence-corrected chi connectivity index (χ4v) is 2.96. The van der Waals surface area contributed by atoms with E-state index in [-0.39, 0.29) is 18.1 Å². The molecule has 9 heteroatoms. The predicted molar refractivity (Wildman–Crippen MR) is 103 cm³/mol. The molecular formula is C20H16FN5O3. The van der Waals surface area contributed by atoms with Crippen LogP contribution in [0.2, 0.25) is 0 Å². The molecule has 2 aromatic heterocycles.